The van der Waals surface area contributed by atoms with Crippen LogP contribution in [0.1, 0.15) is 12.8 Å². The van der Waals surface area contributed by atoms with Crippen LogP contribution < -0.4 is 10.5 Å². The second-order valence-electron chi connectivity index (χ2n) is 4.94. The van der Waals surface area contributed by atoms with Crippen LogP contribution in [0.2, 0.25) is 0 Å². The van der Waals surface area contributed by atoms with Gasteiger partial charge in [0.2, 0.25) is 10.0 Å². The van der Waals surface area contributed by atoms with E-state index < -0.39 is 10.0 Å². The number of hydrogen-bond acceptors (Lipinski definition) is 4. The van der Waals surface area contributed by atoms with Gasteiger partial charge in [0, 0.05) is 35.9 Å². The zero-order valence-electron chi connectivity index (χ0n) is 10.9. The van der Waals surface area contributed by atoms with Gasteiger partial charge in [0.15, 0.2) is 0 Å². The van der Waals surface area contributed by atoms with E-state index in [2.05, 4.69) is 9.71 Å². The predicted octanol–water partition coefficient (Wildman–Crippen LogP) is 1.21. The monoisotopic (exact) mass is 295 g/mol. The van der Waals surface area contributed by atoms with E-state index in [0.717, 1.165) is 18.4 Å². The molecule has 1 aromatic heterocycles. The highest BCUT2D eigenvalue weighted by Crippen LogP contribution is 2.24. The molecule has 0 bridgehead atoms. The highest BCUT2D eigenvalue weighted by atomic mass is 32.2. The number of H-pyrrole nitrogens is 1. The number of nitrogens with one attached hydrogen (secondary N) is 2. The maximum absolute atomic E-state index is 12.3. The van der Waals surface area contributed by atoms with Gasteiger partial charge in [-0.2, -0.15) is 0 Å². The Bertz CT molecular complexity index is 718. The van der Waals surface area contributed by atoms with Gasteiger partial charge in [-0.3, -0.25) is 0 Å². The number of ether oxygens (including phenoxy) is 1. The van der Waals surface area contributed by atoms with Crippen molar-refractivity contribution in [2.24, 2.45) is 0 Å². The first-order chi connectivity index (χ1) is 9.56. The minimum Gasteiger partial charge on any atom is -0.399 e. The normalized spacial score (nSPS) is 19.7. The quantitative estimate of drug-likeness (QED) is 0.738. The number of nitrogen functional groups attached to an aromatic ring is 1. The van der Waals surface area contributed by atoms with Crippen LogP contribution in [0.5, 0.6) is 0 Å². The summed E-state index contributed by atoms with van der Waals surface area (Å²) in [5, 5.41) is 0.602. The molecule has 2 aromatic rings. The fourth-order valence-electron chi connectivity index (χ4n) is 2.42. The van der Waals surface area contributed by atoms with Crippen molar-refractivity contribution < 1.29 is 13.2 Å². The van der Waals surface area contributed by atoms with E-state index in [4.69, 9.17) is 10.5 Å². The average Bonchev–Trinajstić information content (AvgIpc) is 3.05. The maximum Gasteiger partial charge on any atom is 0.242 e. The van der Waals surface area contributed by atoms with Gasteiger partial charge in [0.25, 0.3) is 0 Å². The molecule has 108 valence electrons. The Morgan fingerprint density at radius 1 is 1.45 bits per heavy atom. The number of anilines is 1. The van der Waals surface area contributed by atoms with E-state index >= 15 is 0 Å². The standard InChI is InChI=1S/C13H17N3O3S/c14-9-3-4-12-11(6-9)13(8-15-12)20(17,18)16-7-10-2-1-5-19-10/h3-4,6,8,10,15-16H,1-2,5,7,14H2. The molecular formula is C13H17N3O3S. The van der Waals surface area contributed by atoms with Crippen LogP contribution in [-0.4, -0.2) is 32.7 Å². The summed E-state index contributed by atoms with van der Waals surface area (Å²) in [5.41, 5.74) is 7.00. The summed E-state index contributed by atoms with van der Waals surface area (Å²) in [5.74, 6) is 0. The molecule has 1 unspecified atom stereocenters. The van der Waals surface area contributed by atoms with Gasteiger partial charge in [-0.15, -0.1) is 0 Å². The number of sulfonamides is 1. The molecule has 1 atom stereocenters. The molecule has 3 rings (SSSR count). The van der Waals surface area contributed by atoms with Gasteiger partial charge in [0.05, 0.1) is 6.10 Å². The first kappa shape index (κ1) is 13.4. The molecule has 0 aliphatic carbocycles. The van der Waals surface area contributed by atoms with Crippen molar-refractivity contribution >= 4 is 26.6 Å². The zero-order valence-corrected chi connectivity index (χ0v) is 11.7. The van der Waals surface area contributed by atoms with Crippen LogP contribution in [0.4, 0.5) is 5.69 Å². The van der Waals surface area contributed by atoms with Gasteiger partial charge in [-0.25, -0.2) is 13.1 Å². The van der Waals surface area contributed by atoms with Crippen molar-refractivity contribution in [1.82, 2.24) is 9.71 Å². The topological polar surface area (TPSA) is 97.2 Å². The van der Waals surface area contributed by atoms with Crippen LogP contribution in [0.3, 0.4) is 0 Å². The first-order valence-corrected chi connectivity index (χ1v) is 8.02. The molecule has 1 saturated heterocycles. The number of aromatic nitrogens is 1. The largest absolute Gasteiger partial charge is 0.399 e. The molecule has 6 nitrogen and oxygen atoms in total. The summed E-state index contributed by atoms with van der Waals surface area (Å²) < 4.78 is 32.7. The lowest BCUT2D eigenvalue weighted by molar-refractivity contribution is 0.114. The summed E-state index contributed by atoms with van der Waals surface area (Å²) in [7, 11) is -3.56. The lowest BCUT2D eigenvalue weighted by atomic mass is 10.2. The smallest absolute Gasteiger partial charge is 0.242 e. The number of hydrogen-bond donors (Lipinski definition) is 3. The van der Waals surface area contributed by atoms with Crippen LogP contribution in [-0.2, 0) is 14.8 Å². The molecule has 0 amide bonds. The molecular weight excluding hydrogens is 278 g/mol. The second kappa shape index (κ2) is 5.08. The molecule has 0 radical (unpaired) electrons. The van der Waals surface area contributed by atoms with E-state index in [9.17, 15) is 8.42 Å². The molecule has 2 heterocycles. The number of nitrogens with two attached hydrogens (primary N) is 1. The highest BCUT2D eigenvalue weighted by molar-refractivity contribution is 7.89. The van der Waals surface area contributed by atoms with E-state index in [0.29, 0.717) is 24.2 Å². The molecule has 7 heteroatoms. The van der Waals surface area contributed by atoms with Crippen molar-refractivity contribution in [2.45, 2.75) is 23.8 Å². The predicted molar refractivity (Wildman–Crippen MR) is 76.9 cm³/mol. The summed E-state index contributed by atoms with van der Waals surface area (Å²) in [6.07, 6.45) is 3.33. The van der Waals surface area contributed by atoms with Gasteiger partial charge in [0.1, 0.15) is 4.90 Å². The third-order valence-electron chi connectivity index (χ3n) is 3.48. The fraction of sp³-hybridized carbons (Fsp3) is 0.385. The lowest BCUT2D eigenvalue weighted by Crippen LogP contribution is -2.31. The summed E-state index contributed by atoms with van der Waals surface area (Å²) in [6, 6.07) is 5.16. The first-order valence-electron chi connectivity index (χ1n) is 6.54. The van der Waals surface area contributed by atoms with Gasteiger partial charge >= 0.3 is 0 Å². The number of aromatic amines is 1. The molecule has 4 N–H and O–H groups in total. The van der Waals surface area contributed by atoms with Crippen molar-refractivity contribution in [2.75, 3.05) is 18.9 Å². The Kier molecular flexibility index (Phi) is 3.41. The fourth-order valence-corrected chi connectivity index (χ4v) is 3.65. The molecule has 0 spiro atoms. The van der Waals surface area contributed by atoms with Crippen LogP contribution in [0, 0.1) is 0 Å². The Morgan fingerprint density at radius 3 is 3.05 bits per heavy atom. The number of benzene rings is 1. The Labute approximate surface area is 117 Å². The minimum atomic E-state index is -3.56. The van der Waals surface area contributed by atoms with E-state index in [1.54, 1.807) is 18.2 Å². The van der Waals surface area contributed by atoms with Crippen molar-refractivity contribution in [3.05, 3.63) is 24.4 Å². The number of fused-ring (bicyclic) bond motifs is 1. The maximum atomic E-state index is 12.3. The molecule has 1 aliphatic heterocycles. The Balaban J connectivity index is 1.86. The summed E-state index contributed by atoms with van der Waals surface area (Å²) >= 11 is 0. The zero-order chi connectivity index (χ0) is 14.2. The molecule has 1 aliphatic rings. The molecule has 0 saturated carbocycles. The summed E-state index contributed by atoms with van der Waals surface area (Å²) in [6.45, 7) is 1.01. The Hall–Kier alpha value is -1.57. The molecule has 1 aromatic carbocycles. The third kappa shape index (κ3) is 2.52. The van der Waals surface area contributed by atoms with E-state index in [-0.39, 0.29) is 11.0 Å². The summed E-state index contributed by atoms with van der Waals surface area (Å²) in [4.78, 5) is 3.16. The highest BCUT2D eigenvalue weighted by Gasteiger charge is 2.22. The SMILES string of the molecule is Nc1ccc2[nH]cc(S(=O)(=O)NCC3CCCO3)c2c1. The molecule has 1 fully saturated rings. The van der Waals surface area contributed by atoms with Crippen LogP contribution in [0.25, 0.3) is 10.9 Å². The van der Waals surface area contributed by atoms with Crippen molar-refractivity contribution in [3.63, 3.8) is 0 Å². The second-order valence-corrected chi connectivity index (χ2v) is 6.68. The lowest BCUT2D eigenvalue weighted by Gasteiger charge is -2.10. The van der Waals surface area contributed by atoms with Crippen LogP contribution >= 0.6 is 0 Å². The Morgan fingerprint density at radius 2 is 2.30 bits per heavy atom. The van der Waals surface area contributed by atoms with Gasteiger partial charge in [-0.05, 0) is 31.0 Å². The van der Waals surface area contributed by atoms with Crippen molar-refractivity contribution in [1.29, 1.82) is 0 Å². The van der Waals surface area contributed by atoms with Crippen molar-refractivity contribution in [3.8, 4) is 0 Å². The van der Waals surface area contributed by atoms with Gasteiger partial charge in [-0.1, -0.05) is 0 Å². The van der Waals surface area contributed by atoms with E-state index in [1.807, 2.05) is 0 Å². The van der Waals surface area contributed by atoms with Gasteiger partial charge < -0.3 is 15.5 Å². The molecule has 20 heavy (non-hydrogen) atoms. The van der Waals surface area contributed by atoms with E-state index in [1.165, 1.54) is 6.20 Å². The minimum absolute atomic E-state index is 0.0277. The van der Waals surface area contributed by atoms with Crippen LogP contribution in [0.15, 0.2) is 29.3 Å². The number of rotatable bonds is 4. The third-order valence-corrected chi connectivity index (χ3v) is 4.95. The average molecular weight is 295 g/mol.